The molecule has 0 saturated heterocycles. The topological polar surface area (TPSA) is 58.6 Å². The maximum atomic E-state index is 12.5. The Bertz CT molecular complexity index is 549. The predicted molar refractivity (Wildman–Crippen MR) is 55.9 cm³/mol. The predicted octanol–water partition coefficient (Wildman–Crippen LogP) is 2.25. The highest BCUT2D eigenvalue weighted by atomic mass is 19.4. The minimum Gasteiger partial charge on any atom is -0.292 e. The summed E-state index contributed by atoms with van der Waals surface area (Å²) in [6, 6.07) is 4.66. The van der Waals surface area contributed by atoms with Crippen molar-refractivity contribution in [3.8, 4) is 0 Å². The Morgan fingerprint density at radius 3 is 2.72 bits per heavy atom. The lowest BCUT2D eigenvalue weighted by molar-refractivity contribution is -0.137. The summed E-state index contributed by atoms with van der Waals surface area (Å²) in [7, 11) is 0. The smallest absolute Gasteiger partial charge is 0.292 e. The molecule has 94 valence electrons. The number of carbonyl (C=O) groups excluding carboxylic acids is 1. The van der Waals surface area contributed by atoms with Crippen molar-refractivity contribution in [3.05, 3.63) is 47.3 Å². The minimum atomic E-state index is -4.41. The van der Waals surface area contributed by atoms with Gasteiger partial charge >= 0.3 is 6.18 Å². The SMILES string of the molecule is O=C(Cc1cccc(C(F)(F)F)c1)c1cn[nH]n1. The largest absolute Gasteiger partial charge is 0.416 e. The van der Waals surface area contributed by atoms with Gasteiger partial charge in [0.15, 0.2) is 5.78 Å². The van der Waals surface area contributed by atoms with Crippen molar-refractivity contribution >= 4 is 5.78 Å². The van der Waals surface area contributed by atoms with Crippen LogP contribution in [0.15, 0.2) is 30.5 Å². The number of rotatable bonds is 3. The molecule has 0 amide bonds. The van der Waals surface area contributed by atoms with Gasteiger partial charge in [-0.25, -0.2) is 0 Å². The molecular formula is C11H8F3N3O. The van der Waals surface area contributed by atoms with Gasteiger partial charge in [-0.1, -0.05) is 18.2 Å². The van der Waals surface area contributed by atoms with Crippen LogP contribution in [0.3, 0.4) is 0 Å². The minimum absolute atomic E-state index is 0.104. The number of nitrogens with one attached hydrogen (secondary N) is 1. The summed E-state index contributed by atoms with van der Waals surface area (Å²) < 4.78 is 37.4. The van der Waals surface area contributed by atoms with Crippen molar-refractivity contribution < 1.29 is 18.0 Å². The fourth-order valence-electron chi connectivity index (χ4n) is 1.47. The fraction of sp³-hybridized carbons (Fsp3) is 0.182. The van der Waals surface area contributed by atoms with Gasteiger partial charge in [0, 0.05) is 6.42 Å². The Morgan fingerprint density at radius 2 is 2.11 bits per heavy atom. The third-order valence-electron chi connectivity index (χ3n) is 2.32. The molecule has 0 fully saturated rings. The van der Waals surface area contributed by atoms with Crippen LogP contribution in [0.25, 0.3) is 0 Å². The Kier molecular flexibility index (Phi) is 3.14. The third kappa shape index (κ3) is 2.73. The van der Waals surface area contributed by atoms with E-state index in [-0.39, 0.29) is 23.5 Å². The Labute approximate surface area is 99.8 Å². The molecule has 4 nitrogen and oxygen atoms in total. The first kappa shape index (κ1) is 12.3. The van der Waals surface area contributed by atoms with Crippen molar-refractivity contribution in [1.82, 2.24) is 15.4 Å². The molecule has 0 aliphatic carbocycles. The number of aromatic amines is 1. The van der Waals surface area contributed by atoms with Crippen molar-refractivity contribution in [3.63, 3.8) is 0 Å². The van der Waals surface area contributed by atoms with Crippen LogP contribution >= 0.6 is 0 Å². The first-order chi connectivity index (χ1) is 8.47. The summed E-state index contributed by atoms with van der Waals surface area (Å²) >= 11 is 0. The average molecular weight is 255 g/mol. The van der Waals surface area contributed by atoms with Crippen molar-refractivity contribution in [2.45, 2.75) is 12.6 Å². The monoisotopic (exact) mass is 255 g/mol. The molecule has 0 spiro atoms. The number of H-pyrrole nitrogens is 1. The Hall–Kier alpha value is -2.18. The van der Waals surface area contributed by atoms with E-state index in [0.29, 0.717) is 0 Å². The molecule has 0 aliphatic heterocycles. The second kappa shape index (κ2) is 4.59. The molecular weight excluding hydrogens is 247 g/mol. The second-order valence-corrected chi connectivity index (χ2v) is 3.65. The van der Waals surface area contributed by atoms with Gasteiger partial charge in [-0.15, -0.1) is 0 Å². The van der Waals surface area contributed by atoms with Gasteiger partial charge in [0.1, 0.15) is 5.69 Å². The van der Waals surface area contributed by atoms with Crippen molar-refractivity contribution in [2.75, 3.05) is 0 Å². The van der Waals surface area contributed by atoms with Crippen LogP contribution in [0.4, 0.5) is 13.2 Å². The van der Waals surface area contributed by atoms with Gasteiger partial charge in [-0.3, -0.25) is 4.79 Å². The number of ketones is 1. The number of Topliss-reactive ketones (excluding diaryl/α,β-unsaturated/α-hetero) is 1. The summed E-state index contributed by atoms with van der Waals surface area (Å²) in [6.45, 7) is 0. The van der Waals surface area contributed by atoms with Crippen LogP contribution in [-0.2, 0) is 12.6 Å². The summed E-state index contributed by atoms with van der Waals surface area (Å²) in [6.07, 6.45) is -3.32. The number of benzene rings is 1. The van der Waals surface area contributed by atoms with E-state index >= 15 is 0 Å². The zero-order chi connectivity index (χ0) is 13.2. The second-order valence-electron chi connectivity index (χ2n) is 3.65. The van der Waals surface area contributed by atoms with E-state index in [0.717, 1.165) is 12.1 Å². The van der Waals surface area contributed by atoms with Crippen LogP contribution in [0.2, 0.25) is 0 Å². The van der Waals surface area contributed by atoms with Gasteiger partial charge in [0.25, 0.3) is 0 Å². The van der Waals surface area contributed by atoms with E-state index in [1.807, 2.05) is 0 Å². The van der Waals surface area contributed by atoms with Gasteiger partial charge in [0.2, 0.25) is 0 Å². The average Bonchev–Trinajstić information content (AvgIpc) is 2.81. The maximum absolute atomic E-state index is 12.5. The van der Waals surface area contributed by atoms with E-state index in [9.17, 15) is 18.0 Å². The van der Waals surface area contributed by atoms with E-state index < -0.39 is 11.7 Å². The summed E-state index contributed by atoms with van der Waals surface area (Å²) in [4.78, 5) is 11.6. The molecule has 2 aromatic rings. The van der Waals surface area contributed by atoms with E-state index in [4.69, 9.17) is 0 Å². The Morgan fingerprint density at radius 1 is 1.33 bits per heavy atom. The number of nitrogens with zero attached hydrogens (tertiary/aromatic N) is 2. The van der Waals surface area contributed by atoms with E-state index in [1.54, 1.807) is 0 Å². The molecule has 1 aromatic carbocycles. The molecule has 0 unspecified atom stereocenters. The summed E-state index contributed by atoms with van der Waals surface area (Å²) in [5.41, 5.74) is -0.377. The highest BCUT2D eigenvalue weighted by Gasteiger charge is 2.30. The lowest BCUT2D eigenvalue weighted by Crippen LogP contribution is -2.08. The zero-order valence-electron chi connectivity index (χ0n) is 9.03. The molecule has 0 aliphatic rings. The van der Waals surface area contributed by atoms with E-state index in [1.165, 1.54) is 18.3 Å². The molecule has 1 aromatic heterocycles. The molecule has 7 heteroatoms. The molecule has 18 heavy (non-hydrogen) atoms. The number of hydrogen-bond acceptors (Lipinski definition) is 3. The lowest BCUT2D eigenvalue weighted by atomic mass is 10.0. The Balaban J connectivity index is 2.18. The molecule has 1 N–H and O–H groups in total. The highest BCUT2D eigenvalue weighted by Crippen LogP contribution is 2.29. The zero-order valence-corrected chi connectivity index (χ0v) is 9.03. The number of aromatic nitrogens is 3. The van der Waals surface area contributed by atoms with E-state index in [2.05, 4.69) is 15.4 Å². The molecule has 0 bridgehead atoms. The van der Waals surface area contributed by atoms with Crippen molar-refractivity contribution in [1.29, 1.82) is 0 Å². The molecule has 2 rings (SSSR count). The first-order valence-electron chi connectivity index (χ1n) is 5.02. The standard InChI is InChI=1S/C11H8F3N3O/c12-11(13,14)8-3-1-2-7(4-8)5-10(18)9-6-15-17-16-9/h1-4,6H,5H2,(H,15,16,17). The summed E-state index contributed by atoms with van der Waals surface area (Å²) in [5, 5.41) is 9.31. The number of alkyl halides is 3. The maximum Gasteiger partial charge on any atom is 0.416 e. The van der Waals surface area contributed by atoms with Crippen LogP contribution in [0.1, 0.15) is 21.6 Å². The fourth-order valence-corrected chi connectivity index (χ4v) is 1.47. The molecule has 0 radical (unpaired) electrons. The number of halogens is 3. The highest BCUT2D eigenvalue weighted by molar-refractivity contribution is 5.95. The van der Waals surface area contributed by atoms with Crippen molar-refractivity contribution in [2.24, 2.45) is 0 Å². The molecule has 0 saturated carbocycles. The molecule has 1 heterocycles. The number of hydrogen-bond donors (Lipinski definition) is 1. The van der Waals surface area contributed by atoms with Crippen LogP contribution in [-0.4, -0.2) is 21.2 Å². The van der Waals surface area contributed by atoms with Gasteiger partial charge in [0.05, 0.1) is 11.8 Å². The van der Waals surface area contributed by atoms with Crippen LogP contribution in [0.5, 0.6) is 0 Å². The number of carbonyl (C=O) groups is 1. The lowest BCUT2D eigenvalue weighted by Gasteiger charge is -2.07. The third-order valence-corrected chi connectivity index (χ3v) is 2.32. The van der Waals surface area contributed by atoms with Gasteiger partial charge < -0.3 is 0 Å². The molecule has 0 atom stereocenters. The quantitative estimate of drug-likeness (QED) is 0.856. The van der Waals surface area contributed by atoms with Gasteiger partial charge in [-0.05, 0) is 11.6 Å². The van der Waals surface area contributed by atoms with Crippen LogP contribution < -0.4 is 0 Å². The summed E-state index contributed by atoms with van der Waals surface area (Å²) in [5.74, 6) is -0.386. The first-order valence-corrected chi connectivity index (χ1v) is 5.02. The normalized spacial score (nSPS) is 11.5. The van der Waals surface area contributed by atoms with Crippen LogP contribution in [0, 0.1) is 0 Å². The van der Waals surface area contributed by atoms with Gasteiger partial charge in [-0.2, -0.15) is 28.6 Å².